The fourth-order valence-electron chi connectivity index (χ4n) is 1.59. The first-order chi connectivity index (χ1) is 7.95. The van der Waals surface area contributed by atoms with Crippen LogP contribution in [0.1, 0.15) is 26.3 Å². The summed E-state index contributed by atoms with van der Waals surface area (Å²) in [7, 11) is 1.61. The lowest BCUT2D eigenvalue weighted by molar-refractivity contribution is 0.188. The number of hydrogen-bond acceptors (Lipinski definition) is 3. The van der Waals surface area contributed by atoms with Gasteiger partial charge >= 0.3 is 0 Å². The predicted octanol–water partition coefficient (Wildman–Crippen LogP) is 3.17. The SMILES string of the molecule is COc1ccc(Br)c(CC(C)O)c1OC(C)C. The molecule has 0 fully saturated rings. The molecule has 1 N–H and O–H groups in total. The largest absolute Gasteiger partial charge is 0.493 e. The highest BCUT2D eigenvalue weighted by atomic mass is 79.9. The minimum Gasteiger partial charge on any atom is -0.493 e. The zero-order chi connectivity index (χ0) is 13.0. The van der Waals surface area contributed by atoms with Crippen molar-refractivity contribution in [2.24, 2.45) is 0 Å². The molecule has 0 aliphatic rings. The average molecular weight is 303 g/mol. The van der Waals surface area contributed by atoms with Crippen molar-refractivity contribution in [1.29, 1.82) is 0 Å². The lowest BCUT2D eigenvalue weighted by atomic mass is 10.1. The van der Waals surface area contributed by atoms with Crippen LogP contribution in [0.25, 0.3) is 0 Å². The molecule has 0 amide bonds. The third kappa shape index (κ3) is 3.89. The minimum atomic E-state index is -0.423. The van der Waals surface area contributed by atoms with Crippen molar-refractivity contribution in [3.8, 4) is 11.5 Å². The Balaban J connectivity index is 3.21. The Labute approximate surface area is 111 Å². The lowest BCUT2D eigenvalue weighted by Gasteiger charge is -2.19. The second kappa shape index (κ2) is 6.26. The number of rotatable bonds is 5. The summed E-state index contributed by atoms with van der Waals surface area (Å²) in [4.78, 5) is 0. The van der Waals surface area contributed by atoms with Crippen molar-refractivity contribution in [3.63, 3.8) is 0 Å². The van der Waals surface area contributed by atoms with Crippen molar-refractivity contribution >= 4 is 15.9 Å². The van der Waals surface area contributed by atoms with Crippen molar-refractivity contribution in [2.45, 2.75) is 39.4 Å². The van der Waals surface area contributed by atoms with Crippen LogP contribution in [0.4, 0.5) is 0 Å². The maximum absolute atomic E-state index is 9.54. The molecule has 0 heterocycles. The summed E-state index contributed by atoms with van der Waals surface area (Å²) in [6, 6.07) is 3.76. The molecule has 1 unspecified atom stereocenters. The van der Waals surface area contributed by atoms with E-state index >= 15 is 0 Å². The van der Waals surface area contributed by atoms with E-state index in [1.54, 1.807) is 14.0 Å². The van der Waals surface area contributed by atoms with Gasteiger partial charge in [0.05, 0.1) is 19.3 Å². The maximum Gasteiger partial charge on any atom is 0.165 e. The first-order valence-electron chi connectivity index (χ1n) is 5.65. The Morgan fingerprint density at radius 2 is 1.94 bits per heavy atom. The molecule has 0 bridgehead atoms. The van der Waals surface area contributed by atoms with Gasteiger partial charge in [0.1, 0.15) is 0 Å². The van der Waals surface area contributed by atoms with E-state index in [0.29, 0.717) is 17.9 Å². The molecule has 0 aliphatic heterocycles. The van der Waals surface area contributed by atoms with Gasteiger partial charge in [0.2, 0.25) is 0 Å². The van der Waals surface area contributed by atoms with Crippen molar-refractivity contribution in [1.82, 2.24) is 0 Å². The molecule has 1 atom stereocenters. The summed E-state index contributed by atoms with van der Waals surface area (Å²) in [5.74, 6) is 1.40. The standard InChI is InChI=1S/C13H19BrO3/c1-8(2)17-13-10(7-9(3)15)11(14)5-6-12(13)16-4/h5-6,8-9,15H,7H2,1-4H3. The van der Waals surface area contributed by atoms with Crippen molar-refractivity contribution < 1.29 is 14.6 Å². The van der Waals surface area contributed by atoms with Crippen LogP contribution in [0.3, 0.4) is 0 Å². The van der Waals surface area contributed by atoms with E-state index in [0.717, 1.165) is 10.0 Å². The summed E-state index contributed by atoms with van der Waals surface area (Å²) >= 11 is 3.48. The van der Waals surface area contributed by atoms with Gasteiger partial charge in [-0.15, -0.1) is 0 Å². The molecule has 0 saturated carbocycles. The Hall–Kier alpha value is -0.740. The van der Waals surface area contributed by atoms with Crippen LogP contribution in [0.2, 0.25) is 0 Å². The van der Waals surface area contributed by atoms with Crippen LogP contribution < -0.4 is 9.47 Å². The number of methoxy groups -OCH3 is 1. The molecule has 4 heteroatoms. The van der Waals surface area contributed by atoms with Gasteiger partial charge < -0.3 is 14.6 Å². The smallest absolute Gasteiger partial charge is 0.165 e. The van der Waals surface area contributed by atoms with Gasteiger partial charge in [0.15, 0.2) is 11.5 Å². The van der Waals surface area contributed by atoms with E-state index in [4.69, 9.17) is 9.47 Å². The number of aliphatic hydroxyl groups excluding tert-OH is 1. The second-order valence-corrected chi connectivity index (χ2v) is 5.13. The quantitative estimate of drug-likeness (QED) is 0.908. The van der Waals surface area contributed by atoms with E-state index in [-0.39, 0.29) is 6.10 Å². The molecule has 1 aromatic carbocycles. The third-order valence-corrected chi connectivity index (χ3v) is 2.98. The van der Waals surface area contributed by atoms with E-state index < -0.39 is 6.10 Å². The average Bonchev–Trinajstić information content (AvgIpc) is 2.22. The van der Waals surface area contributed by atoms with E-state index in [9.17, 15) is 5.11 Å². The van der Waals surface area contributed by atoms with Gasteiger partial charge in [-0.1, -0.05) is 15.9 Å². The summed E-state index contributed by atoms with van der Waals surface area (Å²) < 4.78 is 12.0. The number of ether oxygens (including phenoxy) is 2. The molecule has 0 aromatic heterocycles. The minimum absolute atomic E-state index is 0.0611. The Morgan fingerprint density at radius 1 is 1.29 bits per heavy atom. The first kappa shape index (κ1) is 14.3. The number of benzene rings is 1. The summed E-state index contributed by atoms with van der Waals surface area (Å²) in [5.41, 5.74) is 0.938. The number of halogens is 1. The highest BCUT2D eigenvalue weighted by Crippen LogP contribution is 2.37. The zero-order valence-corrected chi connectivity index (χ0v) is 12.2. The van der Waals surface area contributed by atoms with Crippen molar-refractivity contribution in [2.75, 3.05) is 7.11 Å². The highest BCUT2D eigenvalue weighted by molar-refractivity contribution is 9.10. The summed E-state index contributed by atoms with van der Waals surface area (Å²) in [5, 5.41) is 9.54. The second-order valence-electron chi connectivity index (χ2n) is 4.28. The fraction of sp³-hybridized carbons (Fsp3) is 0.538. The number of aliphatic hydroxyl groups is 1. The van der Waals surface area contributed by atoms with E-state index in [1.807, 2.05) is 26.0 Å². The Morgan fingerprint density at radius 3 is 2.41 bits per heavy atom. The number of hydrogen-bond donors (Lipinski definition) is 1. The molecule has 0 spiro atoms. The normalized spacial score (nSPS) is 12.6. The molecule has 96 valence electrons. The van der Waals surface area contributed by atoms with Gasteiger partial charge in [0, 0.05) is 16.5 Å². The predicted molar refractivity (Wildman–Crippen MR) is 71.8 cm³/mol. The van der Waals surface area contributed by atoms with Gasteiger partial charge in [-0.25, -0.2) is 0 Å². The molecular formula is C13H19BrO3. The molecule has 17 heavy (non-hydrogen) atoms. The Bertz CT molecular complexity index is 375. The van der Waals surface area contributed by atoms with E-state index in [2.05, 4.69) is 15.9 Å². The summed E-state index contributed by atoms with van der Waals surface area (Å²) in [6.07, 6.45) is 0.165. The van der Waals surface area contributed by atoms with Gasteiger partial charge in [-0.3, -0.25) is 0 Å². The van der Waals surface area contributed by atoms with Crippen LogP contribution in [0, 0.1) is 0 Å². The Kier molecular flexibility index (Phi) is 5.28. The van der Waals surface area contributed by atoms with Crippen LogP contribution in [-0.4, -0.2) is 24.4 Å². The fourth-order valence-corrected chi connectivity index (χ4v) is 2.07. The van der Waals surface area contributed by atoms with Crippen molar-refractivity contribution in [3.05, 3.63) is 22.2 Å². The highest BCUT2D eigenvalue weighted by Gasteiger charge is 2.17. The van der Waals surface area contributed by atoms with Gasteiger partial charge in [-0.2, -0.15) is 0 Å². The van der Waals surface area contributed by atoms with E-state index in [1.165, 1.54) is 0 Å². The summed E-state index contributed by atoms with van der Waals surface area (Å²) in [6.45, 7) is 5.68. The topological polar surface area (TPSA) is 38.7 Å². The van der Waals surface area contributed by atoms with Crippen LogP contribution in [0.5, 0.6) is 11.5 Å². The molecule has 1 rings (SSSR count). The van der Waals surface area contributed by atoms with Gasteiger partial charge in [-0.05, 0) is 32.9 Å². The zero-order valence-electron chi connectivity index (χ0n) is 10.7. The van der Waals surface area contributed by atoms with Crippen LogP contribution in [-0.2, 0) is 6.42 Å². The molecule has 0 aliphatic carbocycles. The molecule has 3 nitrogen and oxygen atoms in total. The molecule has 0 radical (unpaired) electrons. The molecular weight excluding hydrogens is 284 g/mol. The van der Waals surface area contributed by atoms with Gasteiger partial charge in [0.25, 0.3) is 0 Å². The third-order valence-electron chi connectivity index (χ3n) is 2.24. The molecule has 1 aromatic rings. The lowest BCUT2D eigenvalue weighted by Crippen LogP contribution is -2.12. The molecule has 0 saturated heterocycles. The monoisotopic (exact) mass is 302 g/mol. The van der Waals surface area contributed by atoms with Crippen LogP contribution in [0.15, 0.2) is 16.6 Å². The van der Waals surface area contributed by atoms with Crippen LogP contribution >= 0.6 is 15.9 Å². The maximum atomic E-state index is 9.54. The first-order valence-corrected chi connectivity index (χ1v) is 6.45.